The number of benzene rings is 1. The quantitative estimate of drug-likeness (QED) is 0.520. The molecule has 4 aromatic rings. The summed E-state index contributed by atoms with van der Waals surface area (Å²) in [5.74, 6) is 1.46. The molecule has 0 saturated carbocycles. The summed E-state index contributed by atoms with van der Waals surface area (Å²) in [7, 11) is 0. The van der Waals surface area contributed by atoms with E-state index in [-0.39, 0.29) is 0 Å². The maximum atomic E-state index is 4.80. The smallest absolute Gasteiger partial charge is 0.154 e. The summed E-state index contributed by atoms with van der Waals surface area (Å²) in [6.45, 7) is 6.68. The van der Waals surface area contributed by atoms with Crippen LogP contribution in [0.25, 0.3) is 26.3 Å². The monoisotopic (exact) mass is 350 g/mol. The van der Waals surface area contributed by atoms with E-state index < -0.39 is 0 Å². The second-order valence-electron chi connectivity index (χ2n) is 6.68. The Bertz CT molecular complexity index is 982. The predicted molar refractivity (Wildman–Crippen MR) is 106 cm³/mol. The number of aromatic nitrogens is 3. The van der Waals surface area contributed by atoms with E-state index in [4.69, 9.17) is 5.10 Å². The summed E-state index contributed by atoms with van der Waals surface area (Å²) in [4.78, 5) is 5.71. The summed E-state index contributed by atoms with van der Waals surface area (Å²) >= 11 is 1.78. The number of hydrogen-bond donors (Lipinski definition) is 1. The van der Waals surface area contributed by atoms with Crippen LogP contribution in [-0.2, 0) is 0 Å². The molecular formula is C20H22N4S. The largest absolute Gasteiger partial charge is 0.366 e. The highest BCUT2D eigenvalue weighted by Gasteiger charge is 2.14. The first-order chi connectivity index (χ1) is 12.2. The summed E-state index contributed by atoms with van der Waals surface area (Å²) < 4.78 is 3.23. The Kier molecular flexibility index (Phi) is 4.17. The highest BCUT2D eigenvalue weighted by molar-refractivity contribution is 7.22. The zero-order valence-electron chi connectivity index (χ0n) is 14.7. The van der Waals surface area contributed by atoms with Crippen molar-refractivity contribution in [2.24, 2.45) is 5.92 Å². The Morgan fingerprint density at radius 3 is 2.76 bits per heavy atom. The third-order valence-corrected chi connectivity index (χ3v) is 5.76. The van der Waals surface area contributed by atoms with Crippen molar-refractivity contribution in [2.45, 2.75) is 33.2 Å². The van der Waals surface area contributed by atoms with Crippen LogP contribution in [0.15, 0.2) is 48.7 Å². The summed E-state index contributed by atoms with van der Waals surface area (Å²) in [5, 5.41) is 9.62. The Morgan fingerprint density at radius 1 is 1.16 bits per heavy atom. The van der Waals surface area contributed by atoms with Crippen molar-refractivity contribution in [3.63, 3.8) is 0 Å². The van der Waals surface area contributed by atoms with Crippen molar-refractivity contribution in [2.75, 3.05) is 5.32 Å². The number of anilines is 1. The summed E-state index contributed by atoms with van der Waals surface area (Å²) in [6.07, 6.45) is 2.99. The van der Waals surface area contributed by atoms with Gasteiger partial charge >= 0.3 is 0 Å². The first kappa shape index (κ1) is 16.1. The van der Waals surface area contributed by atoms with Gasteiger partial charge in [0.1, 0.15) is 11.5 Å². The van der Waals surface area contributed by atoms with Gasteiger partial charge in [0.25, 0.3) is 0 Å². The number of nitrogens with one attached hydrogen (secondary N) is 1. The van der Waals surface area contributed by atoms with Crippen LogP contribution < -0.4 is 5.32 Å². The van der Waals surface area contributed by atoms with E-state index in [1.165, 1.54) is 15.0 Å². The highest BCUT2D eigenvalue weighted by atomic mass is 32.1. The zero-order chi connectivity index (χ0) is 17.4. The van der Waals surface area contributed by atoms with Crippen LogP contribution in [0.5, 0.6) is 0 Å². The summed E-state index contributed by atoms with van der Waals surface area (Å²) in [6, 6.07) is 15.1. The lowest BCUT2D eigenvalue weighted by atomic mass is 10.0. The Balaban J connectivity index is 1.76. The normalized spacial score (nSPS) is 13.0. The second kappa shape index (κ2) is 6.48. The van der Waals surface area contributed by atoms with E-state index in [0.717, 1.165) is 23.6 Å². The van der Waals surface area contributed by atoms with Gasteiger partial charge in [0.15, 0.2) is 5.65 Å². The van der Waals surface area contributed by atoms with Crippen molar-refractivity contribution in [3.05, 3.63) is 48.7 Å². The van der Waals surface area contributed by atoms with Crippen LogP contribution in [0.1, 0.15) is 27.2 Å². The number of rotatable bonds is 5. The molecular weight excluding hydrogens is 328 g/mol. The van der Waals surface area contributed by atoms with E-state index in [1.807, 2.05) is 22.8 Å². The van der Waals surface area contributed by atoms with Crippen molar-refractivity contribution in [1.82, 2.24) is 14.6 Å². The van der Waals surface area contributed by atoms with Crippen LogP contribution in [0.4, 0.5) is 5.82 Å². The van der Waals surface area contributed by atoms with Crippen LogP contribution in [-0.4, -0.2) is 20.6 Å². The van der Waals surface area contributed by atoms with Gasteiger partial charge < -0.3 is 5.32 Å². The van der Waals surface area contributed by atoms with Crippen LogP contribution in [0.3, 0.4) is 0 Å². The molecule has 128 valence electrons. The molecule has 1 unspecified atom stereocenters. The van der Waals surface area contributed by atoms with Crippen molar-refractivity contribution >= 4 is 32.9 Å². The molecule has 0 bridgehead atoms. The minimum absolute atomic E-state index is 0.418. The molecule has 0 fully saturated rings. The molecule has 0 saturated heterocycles. The van der Waals surface area contributed by atoms with Gasteiger partial charge in [-0.1, -0.05) is 39.0 Å². The predicted octanol–water partition coefficient (Wildman–Crippen LogP) is 5.46. The third kappa shape index (κ3) is 3.00. The molecule has 3 aromatic heterocycles. The molecule has 0 amide bonds. The van der Waals surface area contributed by atoms with Gasteiger partial charge in [0, 0.05) is 10.7 Å². The number of fused-ring (bicyclic) bond motifs is 2. The Labute approximate surface area is 151 Å². The fourth-order valence-corrected chi connectivity index (χ4v) is 4.21. The van der Waals surface area contributed by atoms with E-state index in [9.17, 15) is 0 Å². The Morgan fingerprint density at radius 2 is 2.00 bits per heavy atom. The SMILES string of the molecule is CCC(Nc1ccc2ncc(-c3cc4ccccc4s3)n2n1)C(C)C. The second-order valence-corrected chi connectivity index (χ2v) is 7.77. The first-order valence-corrected chi connectivity index (χ1v) is 9.57. The molecule has 1 aromatic carbocycles. The molecule has 25 heavy (non-hydrogen) atoms. The lowest BCUT2D eigenvalue weighted by Gasteiger charge is -2.21. The molecule has 0 aliphatic heterocycles. The van der Waals surface area contributed by atoms with E-state index >= 15 is 0 Å². The Hall–Kier alpha value is -2.40. The minimum Gasteiger partial charge on any atom is -0.366 e. The van der Waals surface area contributed by atoms with E-state index in [2.05, 4.69) is 61.4 Å². The molecule has 0 aliphatic carbocycles. The van der Waals surface area contributed by atoms with Crippen molar-refractivity contribution in [1.29, 1.82) is 0 Å². The van der Waals surface area contributed by atoms with Crippen LogP contribution in [0, 0.1) is 5.92 Å². The van der Waals surface area contributed by atoms with Gasteiger partial charge in [-0.25, -0.2) is 9.50 Å². The highest BCUT2D eigenvalue weighted by Crippen LogP contribution is 2.33. The van der Waals surface area contributed by atoms with E-state index in [0.29, 0.717) is 12.0 Å². The van der Waals surface area contributed by atoms with Crippen molar-refractivity contribution in [3.8, 4) is 10.6 Å². The van der Waals surface area contributed by atoms with Gasteiger partial charge in [-0.3, -0.25) is 0 Å². The van der Waals surface area contributed by atoms with Crippen LogP contribution in [0.2, 0.25) is 0 Å². The molecule has 0 aliphatic rings. The standard InChI is InChI=1S/C20H22N4S/c1-4-15(13(2)3)22-19-9-10-20-21-12-16(24(20)23-19)18-11-14-7-5-6-8-17(14)25-18/h5-13,15H,4H2,1-3H3,(H,22,23). The molecule has 4 rings (SSSR count). The van der Waals surface area contributed by atoms with Gasteiger partial charge in [-0.2, -0.15) is 0 Å². The molecule has 0 spiro atoms. The molecule has 1 atom stereocenters. The van der Waals surface area contributed by atoms with Crippen LogP contribution >= 0.6 is 11.3 Å². The van der Waals surface area contributed by atoms with E-state index in [1.54, 1.807) is 11.3 Å². The molecule has 3 heterocycles. The number of nitrogens with zero attached hydrogens (tertiary/aromatic N) is 3. The average molecular weight is 350 g/mol. The summed E-state index contributed by atoms with van der Waals surface area (Å²) in [5.41, 5.74) is 1.91. The maximum Gasteiger partial charge on any atom is 0.154 e. The fraction of sp³-hybridized carbons (Fsp3) is 0.300. The van der Waals surface area contributed by atoms with Gasteiger partial charge in [-0.05, 0) is 42.0 Å². The lowest BCUT2D eigenvalue weighted by molar-refractivity contribution is 0.509. The number of thiophene rings is 1. The molecule has 5 heteroatoms. The number of hydrogen-bond acceptors (Lipinski definition) is 4. The van der Waals surface area contributed by atoms with Gasteiger partial charge in [-0.15, -0.1) is 16.4 Å². The first-order valence-electron chi connectivity index (χ1n) is 8.76. The fourth-order valence-electron chi connectivity index (χ4n) is 3.16. The topological polar surface area (TPSA) is 42.2 Å². The number of imidazole rings is 1. The maximum absolute atomic E-state index is 4.80. The minimum atomic E-state index is 0.418. The van der Waals surface area contributed by atoms with Gasteiger partial charge in [0.05, 0.1) is 11.1 Å². The third-order valence-electron chi connectivity index (χ3n) is 4.62. The zero-order valence-corrected chi connectivity index (χ0v) is 15.5. The lowest BCUT2D eigenvalue weighted by Crippen LogP contribution is -2.25. The van der Waals surface area contributed by atoms with Crippen molar-refractivity contribution < 1.29 is 0 Å². The van der Waals surface area contributed by atoms with Gasteiger partial charge in [0.2, 0.25) is 0 Å². The molecule has 1 N–H and O–H groups in total. The molecule has 4 nitrogen and oxygen atoms in total. The molecule has 0 radical (unpaired) electrons. The average Bonchev–Trinajstić information content (AvgIpc) is 3.22.